The van der Waals surface area contributed by atoms with Crippen LogP contribution in [-0.2, 0) is 23.8 Å². The molecule has 0 aliphatic heterocycles. The van der Waals surface area contributed by atoms with E-state index in [4.69, 9.17) is 4.74 Å². The minimum absolute atomic E-state index is 0.165. The van der Waals surface area contributed by atoms with Gasteiger partial charge in [0.1, 0.15) is 6.61 Å². The summed E-state index contributed by atoms with van der Waals surface area (Å²) in [6, 6.07) is 0. The van der Waals surface area contributed by atoms with Gasteiger partial charge in [0.25, 0.3) is 6.47 Å². The van der Waals surface area contributed by atoms with Crippen LogP contribution in [0.25, 0.3) is 0 Å². The van der Waals surface area contributed by atoms with Crippen molar-refractivity contribution in [2.24, 2.45) is 17.3 Å². The van der Waals surface area contributed by atoms with E-state index in [1.165, 1.54) is 0 Å². The molecule has 4 aliphatic carbocycles. The molecule has 25 heavy (non-hydrogen) atoms. The summed E-state index contributed by atoms with van der Waals surface area (Å²) in [5.41, 5.74) is -1.60. The lowest BCUT2D eigenvalue weighted by atomic mass is 9.48. The number of ether oxygens (including phenoxy) is 3. The number of aliphatic hydroxyl groups is 1. The molecule has 4 aliphatic rings. The van der Waals surface area contributed by atoms with Crippen molar-refractivity contribution in [1.29, 1.82) is 0 Å². The van der Waals surface area contributed by atoms with Crippen molar-refractivity contribution in [3.8, 4) is 0 Å². The van der Waals surface area contributed by atoms with E-state index in [0.717, 1.165) is 6.42 Å². The van der Waals surface area contributed by atoms with Crippen molar-refractivity contribution in [2.45, 2.75) is 63.3 Å². The van der Waals surface area contributed by atoms with Gasteiger partial charge in [-0.15, -0.1) is 0 Å². The van der Waals surface area contributed by atoms with E-state index in [2.05, 4.69) is 9.47 Å². The topological polar surface area (TPSA) is 82.1 Å². The largest absolute Gasteiger partial charge is 0.464 e. The van der Waals surface area contributed by atoms with E-state index < -0.39 is 35.8 Å². The lowest BCUT2D eigenvalue weighted by Crippen LogP contribution is -2.59. The van der Waals surface area contributed by atoms with Crippen molar-refractivity contribution in [3.05, 3.63) is 0 Å². The van der Waals surface area contributed by atoms with Crippen LogP contribution in [0.3, 0.4) is 0 Å². The summed E-state index contributed by atoms with van der Waals surface area (Å²) in [6.07, 6.45) is -0.401. The van der Waals surface area contributed by atoms with Crippen molar-refractivity contribution < 1.29 is 37.7 Å². The Balaban J connectivity index is 1.67. The van der Waals surface area contributed by atoms with Crippen LogP contribution < -0.4 is 0 Å². The molecule has 0 spiro atoms. The van der Waals surface area contributed by atoms with Gasteiger partial charge in [-0.25, -0.2) is 0 Å². The van der Waals surface area contributed by atoms with E-state index in [9.17, 15) is 23.5 Å². The highest BCUT2D eigenvalue weighted by molar-refractivity contribution is 5.78. The van der Waals surface area contributed by atoms with Gasteiger partial charge in [0, 0.05) is 6.92 Å². The fourth-order valence-corrected chi connectivity index (χ4v) is 5.23. The number of hydrogen-bond donors (Lipinski definition) is 1. The molecule has 0 aromatic heterocycles. The van der Waals surface area contributed by atoms with E-state index in [0.29, 0.717) is 50.9 Å². The summed E-state index contributed by atoms with van der Waals surface area (Å²) in [7, 11) is 0. The zero-order valence-electron chi connectivity index (χ0n) is 14.2. The van der Waals surface area contributed by atoms with E-state index in [1.807, 2.05) is 0 Å². The molecule has 8 heteroatoms. The Bertz CT molecular complexity index is 518. The summed E-state index contributed by atoms with van der Waals surface area (Å²) in [5.74, 6) is 0.0712. The van der Waals surface area contributed by atoms with Crippen LogP contribution in [0.2, 0.25) is 0 Å². The fourth-order valence-electron chi connectivity index (χ4n) is 5.23. The van der Waals surface area contributed by atoms with Crippen molar-refractivity contribution in [2.75, 3.05) is 13.2 Å². The van der Waals surface area contributed by atoms with Crippen molar-refractivity contribution in [3.63, 3.8) is 0 Å². The maximum atomic E-state index is 12.9. The van der Waals surface area contributed by atoms with Gasteiger partial charge in [-0.1, -0.05) is 0 Å². The fraction of sp³-hybridized carbons (Fsp3) is 0.882. The number of hydrogen-bond acceptors (Lipinski definition) is 6. The highest BCUT2D eigenvalue weighted by atomic mass is 19.3. The molecule has 4 bridgehead atoms. The first-order valence-electron chi connectivity index (χ1n) is 8.64. The van der Waals surface area contributed by atoms with Crippen LogP contribution in [0.1, 0.15) is 45.4 Å². The van der Waals surface area contributed by atoms with Crippen LogP contribution in [0.15, 0.2) is 0 Å². The summed E-state index contributed by atoms with van der Waals surface area (Å²) in [4.78, 5) is 23.2. The number of rotatable bonds is 8. The molecule has 4 saturated carbocycles. The lowest BCUT2D eigenvalue weighted by molar-refractivity contribution is -0.244. The average Bonchev–Trinajstić information content (AvgIpc) is 2.46. The number of carbonyl (C=O) groups is 2. The first kappa shape index (κ1) is 18.5. The van der Waals surface area contributed by atoms with Gasteiger partial charge in [0.2, 0.25) is 0 Å². The zero-order valence-corrected chi connectivity index (χ0v) is 14.2. The molecule has 0 aromatic rings. The Kier molecular flexibility index (Phi) is 4.79. The van der Waals surface area contributed by atoms with E-state index in [-0.39, 0.29) is 13.1 Å². The smallest absolute Gasteiger partial charge is 0.353 e. The summed E-state index contributed by atoms with van der Waals surface area (Å²) >= 11 is 0. The molecule has 0 radical (unpaired) electrons. The number of halogens is 2. The third-order valence-corrected chi connectivity index (χ3v) is 5.61. The van der Waals surface area contributed by atoms with Gasteiger partial charge in [-0.3, -0.25) is 9.59 Å². The molecular weight excluding hydrogens is 338 g/mol. The van der Waals surface area contributed by atoms with Gasteiger partial charge >= 0.3 is 12.1 Å². The second kappa shape index (κ2) is 6.46. The van der Waals surface area contributed by atoms with E-state index >= 15 is 0 Å². The first-order chi connectivity index (χ1) is 11.6. The van der Waals surface area contributed by atoms with Gasteiger partial charge in [0.05, 0.1) is 17.6 Å². The van der Waals surface area contributed by atoms with Crippen LogP contribution in [0, 0.1) is 17.3 Å². The normalized spacial score (nSPS) is 37.6. The number of esters is 1. The molecule has 0 amide bonds. The Hall–Kier alpha value is -1.28. The Morgan fingerprint density at radius 1 is 1.28 bits per heavy atom. The summed E-state index contributed by atoms with van der Waals surface area (Å²) in [6.45, 7) is -0.172. The predicted octanol–water partition coefficient (Wildman–Crippen LogP) is 2.03. The first-order valence-corrected chi connectivity index (χ1v) is 8.64. The van der Waals surface area contributed by atoms with Crippen LogP contribution in [0.5, 0.6) is 0 Å². The Morgan fingerprint density at radius 3 is 2.44 bits per heavy atom. The highest BCUT2D eigenvalue weighted by Gasteiger charge is 2.61. The second-order valence-electron chi connectivity index (χ2n) is 8.04. The monoisotopic (exact) mass is 362 g/mol. The molecule has 0 saturated heterocycles. The molecule has 0 heterocycles. The minimum Gasteiger partial charge on any atom is -0.464 e. The molecule has 3 atom stereocenters. The standard InChI is InChI=1S/C17H24F2O6/c1-15(18,19)24-8-13(7-23-10-20)25-14(21)16-3-11-2-12(4-16)6-17(22,5-11)9-16/h10-13,22H,2-9H2,1H3. The molecule has 142 valence electrons. The summed E-state index contributed by atoms with van der Waals surface area (Å²) in [5, 5.41) is 10.7. The van der Waals surface area contributed by atoms with Crippen LogP contribution in [-0.4, -0.2) is 48.6 Å². The molecule has 6 nitrogen and oxygen atoms in total. The molecular formula is C17H24F2O6. The maximum absolute atomic E-state index is 12.9. The molecule has 0 aromatic carbocycles. The lowest BCUT2D eigenvalue weighted by Gasteiger charge is -2.58. The third-order valence-electron chi connectivity index (χ3n) is 5.61. The van der Waals surface area contributed by atoms with Crippen molar-refractivity contribution >= 4 is 12.4 Å². The number of alkyl halides is 2. The molecule has 1 N–H and O–H groups in total. The Morgan fingerprint density at radius 2 is 1.92 bits per heavy atom. The number of carbonyl (C=O) groups excluding carboxylic acids is 2. The van der Waals surface area contributed by atoms with Crippen LogP contribution >= 0.6 is 0 Å². The second-order valence-corrected chi connectivity index (χ2v) is 8.04. The molecule has 3 unspecified atom stereocenters. The van der Waals surface area contributed by atoms with Crippen LogP contribution in [0.4, 0.5) is 8.78 Å². The van der Waals surface area contributed by atoms with Gasteiger partial charge in [-0.2, -0.15) is 8.78 Å². The summed E-state index contributed by atoms with van der Waals surface area (Å²) < 4.78 is 40.1. The third kappa shape index (κ3) is 4.11. The quantitative estimate of drug-likeness (QED) is 0.526. The van der Waals surface area contributed by atoms with Crippen molar-refractivity contribution in [1.82, 2.24) is 0 Å². The molecule has 4 rings (SSSR count). The average molecular weight is 362 g/mol. The molecule has 4 fully saturated rings. The van der Waals surface area contributed by atoms with Gasteiger partial charge < -0.3 is 19.3 Å². The maximum Gasteiger partial charge on any atom is 0.353 e. The zero-order chi connectivity index (χ0) is 18.3. The van der Waals surface area contributed by atoms with Gasteiger partial charge in [-0.05, 0) is 50.4 Å². The van der Waals surface area contributed by atoms with Gasteiger partial charge in [0.15, 0.2) is 6.10 Å². The SMILES string of the molecule is CC(F)(F)OCC(COC=O)OC(=O)C12CC3CC(CC(O)(C3)C1)C2. The Labute approximate surface area is 144 Å². The van der Waals surface area contributed by atoms with E-state index in [1.54, 1.807) is 0 Å². The highest BCUT2D eigenvalue weighted by Crippen LogP contribution is 2.62. The minimum atomic E-state index is -3.37. The predicted molar refractivity (Wildman–Crippen MR) is 80.5 cm³/mol.